The molecule has 0 amide bonds. The van der Waals surface area contributed by atoms with E-state index in [1.807, 2.05) is 24.3 Å². The molecule has 1 saturated heterocycles. The van der Waals surface area contributed by atoms with Gasteiger partial charge in [-0.3, -0.25) is 4.98 Å². The van der Waals surface area contributed by atoms with Gasteiger partial charge in [0.2, 0.25) is 0 Å². The van der Waals surface area contributed by atoms with E-state index in [9.17, 15) is 8.42 Å². The fourth-order valence-electron chi connectivity index (χ4n) is 2.33. The number of hydrogen-bond acceptors (Lipinski definition) is 4. The summed E-state index contributed by atoms with van der Waals surface area (Å²) in [6.07, 6.45) is 1.77. The smallest absolute Gasteiger partial charge is 0.153 e. The van der Waals surface area contributed by atoms with Crippen LogP contribution in [0, 0.1) is 0 Å². The van der Waals surface area contributed by atoms with Crippen LogP contribution >= 0.6 is 15.9 Å². The maximum atomic E-state index is 11.5. The van der Waals surface area contributed by atoms with E-state index in [2.05, 4.69) is 25.8 Å². The molecular weight excluding hydrogens is 328 g/mol. The van der Waals surface area contributed by atoms with Gasteiger partial charge >= 0.3 is 0 Å². The summed E-state index contributed by atoms with van der Waals surface area (Å²) in [6, 6.07) is 8.01. The van der Waals surface area contributed by atoms with Gasteiger partial charge in [0.25, 0.3) is 0 Å². The third-order valence-corrected chi connectivity index (χ3v) is 5.38. The lowest BCUT2D eigenvalue weighted by Gasteiger charge is -2.29. The zero-order valence-corrected chi connectivity index (χ0v) is 12.6. The summed E-state index contributed by atoms with van der Waals surface area (Å²) in [5.41, 5.74) is 1.94. The fraction of sp³-hybridized carbons (Fsp3) is 0.308. The normalized spacial score (nSPS) is 18.7. The molecule has 1 aromatic carbocycles. The number of aromatic nitrogens is 1. The van der Waals surface area contributed by atoms with Crippen LogP contribution < -0.4 is 4.90 Å². The van der Waals surface area contributed by atoms with Gasteiger partial charge in [-0.2, -0.15) is 0 Å². The van der Waals surface area contributed by atoms with E-state index in [0.29, 0.717) is 13.1 Å². The van der Waals surface area contributed by atoms with E-state index in [1.165, 1.54) is 0 Å². The Morgan fingerprint density at radius 3 is 2.68 bits per heavy atom. The van der Waals surface area contributed by atoms with Gasteiger partial charge in [0.05, 0.1) is 22.7 Å². The molecule has 1 aliphatic heterocycles. The number of hydrogen-bond donors (Lipinski definition) is 0. The molecule has 3 rings (SSSR count). The maximum absolute atomic E-state index is 11.5. The Hall–Kier alpha value is -1.14. The van der Waals surface area contributed by atoms with Crippen molar-refractivity contribution in [1.82, 2.24) is 4.98 Å². The number of benzene rings is 1. The van der Waals surface area contributed by atoms with Crippen LogP contribution in [0.4, 0.5) is 5.69 Å². The second-order valence-corrected chi connectivity index (χ2v) is 7.86. The van der Waals surface area contributed by atoms with Crippen LogP contribution in [0.1, 0.15) is 0 Å². The summed E-state index contributed by atoms with van der Waals surface area (Å²) in [6.45, 7) is 1.08. The molecule has 19 heavy (non-hydrogen) atoms. The number of fused-ring (bicyclic) bond motifs is 1. The first-order chi connectivity index (χ1) is 9.05. The highest BCUT2D eigenvalue weighted by Gasteiger charge is 2.23. The van der Waals surface area contributed by atoms with Crippen molar-refractivity contribution in [2.45, 2.75) is 0 Å². The monoisotopic (exact) mass is 340 g/mol. The first-order valence-electron chi connectivity index (χ1n) is 6.05. The number of anilines is 1. The first-order valence-corrected chi connectivity index (χ1v) is 8.66. The largest absolute Gasteiger partial charge is 0.368 e. The maximum Gasteiger partial charge on any atom is 0.153 e. The van der Waals surface area contributed by atoms with Crippen LogP contribution in [-0.4, -0.2) is 38.0 Å². The van der Waals surface area contributed by atoms with E-state index in [4.69, 9.17) is 0 Å². The Morgan fingerprint density at radius 2 is 1.95 bits per heavy atom. The molecule has 0 unspecified atom stereocenters. The minimum atomic E-state index is -2.85. The summed E-state index contributed by atoms with van der Waals surface area (Å²) in [4.78, 5) is 6.56. The Balaban J connectivity index is 2.02. The highest BCUT2D eigenvalue weighted by atomic mass is 79.9. The van der Waals surface area contributed by atoms with Crippen molar-refractivity contribution in [3.8, 4) is 0 Å². The van der Waals surface area contributed by atoms with Crippen LogP contribution in [0.15, 0.2) is 34.9 Å². The number of para-hydroxylation sites is 1. The first kappa shape index (κ1) is 12.9. The summed E-state index contributed by atoms with van der Waals surface area (Å²) in [5.74, 6) is 0.444. The summed E-state index contributed by atoms with van der Waals surface area (Å²) >= 11 is 3.41. The lowest BCUT2D eigenvalue weighted by Crippen LogP contribution is -2.40. The molecule has 0 bridgehead atoms. The molecule has 2 heterocycles. The van der Waals surface area contributed by atoms with Crippen molar-refractivity contribution in [1.29, 1.82) is 0 Å². The van der Waals surface area contributed by atoms with Crippen molar-refractivity contribution < 1.29 is 8.42 Å². The molecule has 1 aliphatic rings. The van der Waals surface area contributed by atoms with E-state index in [1.54, 1.807) is 6.20 Å². The summed E-state index contributed by atoms with van der Waals surface area (Å²) in [7, 11) is -2.85. The minimum absolute atomic E-state index is 0.222. The second kappa shape index (κ2) is 4.76. The van der Waals surface area contributed by atoms with Gasteiger partial charge in [-0.15, -0.1) is 0 Å². The molecule has 0 atom stereocenters. The second-order valence-electron chi connectivity index (χ2n) is 4.64. The highest BCUT2D eigenvalue weighted by molar-refractivity contribution is 9.10. The third-order valence-electron chi connectivity index (χ3n) is 3.34. The van der Waals surface area contributed by atoms with Gasteiger partial charge in [-0.05, 0) is 28.1 Å². The Kier molecular flexibility index (Phi) is 3.22. The molecule has 0 saturated carbocycles. The summed E-state index contributed by atoms with van der Waals surface area (Å²) < 4.78 is 23.9. The molecule has 0 aliphatic carbocycles. The van der Waals surface area contributed by atoms with Gasteiger partial charge in [-0.1, -0.05) is 12.1 Å². The van der Waals surface area contributed by atoms with Gasteiger partial charge in [0.15, 0.2) is 9.84 Å². The number of nitrogens with zero attached hydrogens (tertiary/aromatic N) is 2. The average Bonchev–Trinajstić information content (AvgIpc) is 2.38. The molecular formula is C13H13BrN2O2S. The Labute approximate surface area is 120 Å². The predicted molar refractivity (Wildman–Crippen MR) is 80.3 cm³/mol. The van der Waals surface area contributed by atoms with E-state index in [-0.39, 0.29) is 11.5 Å². The standard InChI is InChI=1S/C13H13BrN2O2S/c14-11-8-10-2-1-3-12(13(10)15-9-11)16-4-6-19(17,18)7-5-16/h1-3,8-9H,4-7H2. The topological polar surface area (TPSA) is 50.3 Å². The van der Waals surface area contributed by atoms with Crippen molar-refractivity contribution in [3.05, 3.63) is 34.9 Å². The molecule has 1 fully saturated rings. The molecule has 0 radical (unpaired) electrons. The molecule has 1 aromatic heterocycles. The predicted octanol–water partition coefficient (Wildman–Crippen LogP) is 2.23. The van der Waals surface area contributed by atoms with Crippen molar-refractivity contribution in [2.24, 2.45) is 0 Å². The van der Waals surface area contributed by atoms with E-state index >= 15 is 0 Å². The van der Waals surface area contributed by atoms with Crippen molar-refractivity contribution in [2.75, 3.05) is 29.5 Å². The Morgan fingerprint density at radius 1 is 1.21 bits per heavy atom. The molecule has 100 valence electrons. The lowest BCUT2D eigenvalue weighted by molar-refractivity contribution is 0.587. The van der Waals surface area contributed by atoms with Crippen LogP contribution in [0.5, 0.6) is 0 Å². The fourth-order valence-corrected chi connectivity index (χ4v) is 3.88. The van der Waals surface area contributed by atoms with Crippen LogP contribution in [-0.2, 0) is 9.84 Å². The van der Waals surface area contributed by atoms with Crippen molar-refractivity contribution in [3.63, 3.8) is 0 Å². The number of sulfone groups is 1. The minimum Gasteiger partial charge on any atom is -0.368 e. The van der Waals surface area contributed by atoms with E-state index < -0.39 is 9.84 Å². The zero-order chi connectivity index (χ0) is 13.5. The van der Waals surface area contributed by atoms with Gasteiger partial charge in [-0.25, -0.2) is 8.42 Å². The van der Waals surface area contributed by atoms with Gasteiger partial charge < -0.3 is 4.90 Å². The molecule has 0 spiro atoms. The molecule has 4 nitrogen and oxygen atoms in total. The average molecular weight is 341 g/mol. The number of rotatable bonds is 1. The lowest BCUT2D eigenvalue weighted by atomic mass is 10.1. The van der Waals surface area contributed by atoms with Crippen LogP contribution in [0.25, 0.3) is 10.9 Å². The van der Waals surface area contributed by atoms with Crippen LogP contribution in [0.2, 0.25) is 0 Å². The van der Waals surface area contributed by atoms with Gasteiger partial charge in [0, 0.05) is 29.1 Å². The number of halogens is 1. The Bertz CT molecular complexity index is 717. The molecule has 0 N–H and O–H groups in total. The van der Waals surface area contributed by atoms with Gasteiger partial charge in [0.1, 0.15) is 0 Å². The third kappa shape index (κ3) is 2.60. The van der Waals surface area contributed by atoms with Crippen molar-refractivity contribution >= 4 is 42.4 Å². The van der Waals surface area contributed by atoms with E-state index in [0.717, 1.165) is 21.1 Å². The van der Waals surface area contributed by atoms with Crippen LogP contribution in [0.3, 0.4) is 0 Å². The highest BCUT2D eigenvalue weighted by Crippen LogP contribution is 2.27. The quantitative estimate of drug-likeness (QED) is 0.798. The number of pyridine rings is 1. The summed E-state index contributed by atoms with van der Waals surface area (Å²) in [5, 5.41) is 1.06. The molecule has 6 heteroatoms. The SMILES string of the molecule is O=S1(=O)CCN(c2cccc3cc(Br)cnc23)CC1. The zero-order valence-electron chi connectivity index (χ0n) is 10.2. The molecule has 2 aromatic rings.